The molecule has 0 radical (unpaired) electrons. The van der Waals surface area contributed by atoms with Crippen LogP contribution in [0, 0.1) is 17.7 Å². The molecule has 2 amide bonds. The summed E-state index contributed by atoms with van der Waals surface area (Å²) in [6, 6.07) is 4.02. The summed E-state index contributed by atoms with van der Waals surface area (Å²) >= 11 is 0. The number of hydrogen-bond acceptors (Lipinski definition) is 2. The highest BCUT2D eigenvalue weighted by Gasteiger charge is 2.23. The molecule has 1 fully saturated rings. The second kappa shape index (κ2) is 5.52. The van der Waals surface area contributed by atoms with Crippen molar-refractivity contribution in [2.24, 2.45) is 5.73 Å². The molecule has 4 nitrogen and oxygen atoms in total. The second-order valence-corrected chi connectivity index (χ2v) is 4.07. The van der Waals surface area contributed by atoms with Crippen molar-refractivity contribution in [1.29, 1.82) is 0 Å². The van der Waals surface area contributed by atoms with Crippen LogP contribution in [0.15, 0.2) is 18.2 Å². The van der Waals surface area contributed by atoms with Gasteiger partial charge in [-0.05, 0) is 31.0 Å². The van der Waals surface area contributed by atoms with E-state index in [4.69, 9.17) is 5.73 Å². The fraction of sp³-hybridized carbons (Fsp3) is 0.308. The lowest BCUT2D eigenvalue weighted by Crippen LogP contribution is -2.30. The van der Waals surface area contributed by atoms with Crippen molar-refractivity contribution >= 4 is 11.7 Å². The Hall–Kier alpha value is -2.06. The molecule has 1 aromatic carbocycles. The van der Waals surface area contributed by atoms with Gasteiger partial charge in [-0.25, -0.2) is 9.18 Å². The number of halogens is 1. The van der Waals surface area contributed by atoms with Crippen LogP contribution in [0.2, 0.25) is 0 Å². The minimum absolute atomic E-state index is 0.185. The van der Waals surface area contributed by atoms with Gasteiger partial charge >= 0.3 is 6.03 Å². The van der Waals surface area contributed by atoms with Crippen LogP contribution in [0.3, 0.4) is 0 Å². The van der Waals surface area contributed by atoms with Crippen LogP contribution in [0.5, 0.6) is 0 Å². The van der Waals surface area contributed by atoms with E-state index in [1.54, 1.807) is 0 Å². The van der Waals surface area contributed by atoms with Gasteiger partial charge < -0.3 is 16.4 Å². The molecule has 1 saturated carbocycles. The maximum Gasteiger partial charge on any atom is 0.319 e. The average Bonchev–Trinajstić information content (AvgIpc) is 3.13. The Morgan fingerprint density at radius 2 is 2.28 bits per heavy atom. The summed E-state index contributed by atoms with van der Waals surface area (Å²) in [6.07, 6.45) is 2.02. The van der Waals surface area contributed by atoms with Gasteiger partial charge in [0.05, 0.1) is 17.8 Å². The van der Waals surface area contributed by atoms with E-state index in [0.717, 1.165) is 12.8 Å². The molecule has 0 aliphatic heterocycles. The fourth-order valence-electron chi connectivity index (χ4n) is 1.45. The molecule has 0 saturated heterocycles. The maximum atomic E-state index is 13.1. The fourth-order valence-corrected chi connectivity index (χ4v) is 1.45. The molecule has 0 heterocycles. The second-order valence-electron chi connectivity index (χ2n) is 4.07. The largest absolute Gasteiger partial charge is 0.335 e. The molecule has 5 heteroatoms. The third-order valence-corrected chi connectivity index (χ3v) is 2.47. The molecule has 0 atom stereocenters. The Kier molecular flexibility index (Phi) is 3.80. The molecule has 0 bridgehead atoms. The molecule has 0 aromatic heterocycles. The zero-order chi connectivity index (χ0) is 13.0. The highest BCUT2D eigenvalue weighted by molar-refractivity contribution is 5.91. The quantitative estimate of drug-likeness (QED) is 0.692. The summed E-state index contributed by atoms with van der Waals surface area (Å²) < 4.78 is 13.1. The lowest BCUT2D eigenvalue weighted by atomic mass is 10.1. The molecular weight excluding hydrogens is 233 g/mol. The van der Waals surface area contributed by atoms with Crippen molar-refractivity contribution in [3.05, 3.63) is 29.6 Å². The van der Waals surface area contributed by atoms with Crippen LogP contribution in [0.4, 0.5) is 14.9 Å². The average molecular weight is 247 g/mol. The van der Waals surface area contributed by atoms with Crippen molar-refractivity contribution < 1.29 is 9.18 Å². The Balaban J connectivity index is 2.12. The molecule has 1 aromatic rings. The highest BCUT2D eigenvalue weighted by Crippen LogP contribution is 2.20. The number of urea groups is 1. The van der Waals surface area contributed by atoms with Gasteiger partial charge in [-0.2, -0.15) is 0 Å². The zero-order valence-corrected chi connectivity index (χ0v) is 9.79. The third-order valence-electron chi connectivity index (χ3n) is 2.47. The van der Waals surface area contributed by atoms with E-state index in [1.807, 2.05) is 0 Å². The first-order valence-corrected chi connectivity index (χ1v) is 5.75. The summed E-state index contributed by atoms with van der Waals surface area (Å²) in [5.74, 6) is 4.97. The van der Waals surface area contributed by atoms with E-state index in [1.165, 1.54) is 18.2 Å². The van der Waals surface area contributed by atoms with E-state index in [0.29, 0.717) is 11.3 Å². The van der Waals surface area contributed by atoms with Gasteiger partial charge in [-0.1, -0.05) is 11.8 Å². The van der Waals surface area contributed by atoms with E-state index in [9.17, 15) is 9.18 Å². The zero-order valence-electron chi connectivity index (χ0n) is 9.79. The van der Waals surface area contributed by atoms with Crippen LogP contribution in [-0.2, 0) is 0 Å². The Morgan fingerprint density at radius 1 is 1.50 bits per heavy atom. The Morgan fingerprint density at radius 3 is 2.94 bits per heavy atom. The summed E-state index contributed by atoms with van der Waals surface area (Å²) in [7, 11) is 0. The SMILES string of the molecule is NCC#Cc1cc(F)ccc1NC(=O)NC1CC1. The standard InChI is InChI=1S/C13H14FN3O/c14-10-3-6-12(9(8-10)2-1-7-15)17-13(18)16-11-4-5-11/h3,6,8,11H,4-5,7,15H2,(H2,16,17,18). The first kappa shape index (κ1) is 12.4. The normalized spacial score (nSPS) is 13.4. The van der Waals surface area contributed by atoms with Crippen molar-refractivity contribution in [3.63, 3.8) is 0 Å². The summed E-state index contributed by atoms with van der Waals surface area (Å²) in [5, 5.41) is 5.44. The molecule has 4 N–H and O–H groups in total. The molecule has 1 aliphatic carbocycles. The topological polar surface area (TPSA) is 67.1 Å². The lowest BCUT2D eigenvalue weighted by Gasteiger charge is -2.08. The smallest absolute Gasteiger partial charge is 0.319 e. The van der Waals surface area contributed by atoms with Crippen LogP contribution in [0.25, 0.3) is 0 Å². The summed E-state index contributed by atoms with van der Waals surface area (Å²) in [4.78, 5) is 11.6. The number of anilines is 1. The predicted molar refractivity (Wildman–Crippen MR) is 67.5 cm³/mol. The number of hydrogen-bond donors (Lipinski definition) is 3. The molecule has 0 spiro atoms. The first-order valence-electron chi connectivity index (χ1n) is 5.75. The van der Waals surface area contributed by atoms with Crippen LogP contribution < -0.4 is 16.4 Å². The van der Waals surface area contributed by atoms with Gasteiger partial charge in [-0.3, -0.25) is 0 Å². The Bertz CT molecular complexity index is 515. The third kappa shape index (κ3) is 3.47. The molecular formula is C13H14FN3O. The number of carbonyl (C=O) groups is 1. The van der Waals surface area contributed by atoms with Gasteiger partial charge in [0.2, 0.25) is 0 Å². The van der Waals surface area contributed by atoms with Crippen LogP contribution in [-0.4, -0.2) is 18.6 Å². The van der Waals surface area contributed by atoms with Crippen LogP contribution in [0.1, 0.15) is 18.4 Å². The molecule has 0 unspecified atom stereocenters. The number of nitrogens with two attached hydrogens (primary N) is 1. The molecule has 18 heavy (non-hydrogen) atoms. The summed E-state index contributed by atoms with van der Waals surface area (Å²) in [5.41, 5.74) is 6.18. The molecule has 94 valence electrons. The Labute approximate surface area is 105 Å². The molecule has 1 aliphatic rings. The maximum absolute atomic E-state index is 13.1. The number of benzene rings is 1. The van der Waals surface area contributed by atoms with Gasteiger partial charge in [0.15, 0.2) is 0 Å². The minimum atomic E-state index is -0.399. The van der Waals surface area contributed by atoms with Gasteiger partial charge in [-0.15, -0.1) is 0 Å². The predicted octanol–water partition coefficient (Wildman–Crippen LogP) is 1.42. The van der Waals surface area contributed by atoms with E-state index in [2.05, 4.69) is 22.5 Å². The van der Waals surface area contributed by atoms with Crippen molar-refractivity contribution in [3.8, 4) is 11.8 Å². The van der Waals surface area contributed by atoms with Gasteiger partial charge in [0.1, 0.15) is 5.82 Å². The van der Waals surface area contributed by atoms with Crippen molar-refractivity contribution in [2.45, 2.75) is 18.9 Å². The van der Waals surface area contributed by atoms with E-state index >= 15 is 0 Å². The van der Waals surface area contributed by atoms with Crippen molar-refractivity contribution in [1.82, 2.24) is 5.32 Å². The number of carbonyl (C=O) groups excluding carboxylic acids is 1. The minimum Gasteiger partial charge on any atom is -0.335 e. The van der Waals surface area contributed by atoms with Crippen LogP contribution >= 0.6 is 0 Å². The number of nitrogens with one attached hydrogen (secondary N) is 2. The summed E-state index contributed by atoms with van der Waals surface area (Å²) in [6.45, 7) is 0.185. The first-order chi connectivity index (χ1) is 8.69. The highest BCUT2D eigenvalue weighted by atomic mass is 19.1. The van der Waals surface area contributed by atoms with Crippen molar-refractivity contribution in [2.75, 3.05) is 11.9 Å². The number of amides is 2. The van der Waals surface area contributed by atoms with E-state index < -0.39 is 5.82 Å². The lowest BCUT2D eigenvalue weighted by molar-refractivity contribution is 0.251. The molecule has 2 rings (SSSR count). The monoisotopic (exact) mass is 247 g/mol. The number of rotatable bonds is 2. The van der Waals surface area contributed by atoms with Gasteiger partial charge in [0, 0.05) is 6.04 Å². The van der Waals surface area contributed by atoms with Gasteiger partial charge in [0.25, 0.3) is 0 Å². The van der Waals surface area contributed by atoms with E-state index in [-0.39, 0.29) is 18.6 Å².